The van der Waals surface area contributed by atoms with Crippen LogP contribution < -0.4 is 0 Å². The molecule has 0 fully saturated rings. The summed E-state index contributed by atoms with van der Waals surface area (Å²) in [6.07, 6.45) is 3.33. The van der Waals surface area contributed by atoms with Crippen LogP contribution in [-0.2, 0) is 19.2 Å². The van der Waals surface area contributed by atoms with Gasteiger partial charge < -0.3 is 20.4 Å². The van der Waals surface area contributed by atoms with Gasteiger partial charge in [0.25, 0.3) is 0 Å². The summed E-state index contributed by atoms with van der Waals surface area (Å²) in [7, 11) is 0. The number of carboxylic acid groups (broad SMARTS) is 4. The molecule has 0 saturated heterocycles. The lowest BCUT2D eigenvalue weighted by atomic mass is 10.0. The van der Waals surface area contributed by atoms with Crippen molar-refractivity contribution < 1.29 is 39.6 Å². The summed E-state index contributed by atoms with van der Waals surface area (Å²) in [4.78, 5) is 37.0. The first-order valence-corrected chi connectivity index (χ1v) is 6.50. The molecule has 0 bridgehead atoms. The van der Waals surface area contributed by atoms with Crippen molar-refractivity contribution in [2.45, 2.75) is 35.1 Å². The van der Waals surface area contributed by atoms with E-state index in [-0.39, 0.29) is 7.43 Å². The Bertz CT molecular complexity index is 365. The molecule has 4 N–H and O–H groups in total. The van der Waals surface area contributed by atoms with Crippen molar-refractivity contribution in [2.75, 3.05) is 0 Å². The van der Waals surface area contributed by atoms with E-state index in [1.54, 1.807) is 0 Å². The molecule has 0 saturated carbocycles. The van der Waals surface area contributed by atoms with Crippen molar-refractivity contribution in [3.8, 4) is 0 Å². The van der Waals surface area contributed by atoms with Crippen LogP contribution in [0.2, 0.25) is 0 Å². The summed E-state index contributed by atoms with van der Waals surface area (Å²) in [5.41, 5.74) is 0.500. The Balaban J connectivity index is -0.0000000476. The molecule has 0 heterocycles. The number of hydrogen-bond acceptors (Lipinski definition) is 4. The first kappa shape index (κ1) is 38.4. The van der Waals surface area contributed by atoms with E-state index < -0.39 is 23.9 Å². The number of hydrogen-bond donors (Lipinski definition) is 4. The van der Waals surface area contributed by atoms with Gasteiger partial charge in [-0.25, -0.2) is 19.2 Å². The van der Waals surface area contributed by atoms with Crippen molar-refractivity contribution >= 4 is 23.9 Å². The lowest BCUT2D eigenvalue weighted by Crippen LogP contribution is -1.93. The van der Waals surface area contributed by atoms with Crippen molar-refractivity contribution in [3.63, 3.8) is 0 Å². The van der Waals surface area contributed by atoms with Crippen LogP contribution in [0.1, 0.15) is 35.1 Å². The van der Waals surface area contributed by atoms with E-state index in [0.717, 1.165) is 24.3 Å². The predicted octanol–water partition coefficient (Wildman–Crippen LogP) is 3.72. The second-order valence-electron chi connectivity index (χ2n) is 5.17. The Morgan fingerprint density at radius 1 is 0.577 bits per heavy atom. The molecule has 0 aromatic carbocycles. The fourth-order valence-electron chi connectivity index (χ4n) is 0. The maximum Gasteiger partial charge on any atom is 0.327 e. The topological polar surface area (TPSA) is 149 Å². The molecule has 8 nitrogen and oxygen atoms in total. The lowest BCUT2D eigenvalue weighted by molar-refractivity contribution is -0.132. The Morgan fingerprint density at radius 2 is 0.615 bits per heavy atom. The van der Waals surface area contributed by atoms with Gasteiger partial charge in [0, 0.05) is 24.3 Å². The molecule has 8 heteroatoms. The molecular weight excluding hydrogens is 344 g/mol. The number of aliphatic carboxylic acids is 4. The van der Waals surface area contributed by atoms with Crippen LogP contribution >= 0.6 is 0 Å². The van der Waals surface area contributed by atoms with Crippen LogP contribution in [0.3, 0.4) is 0 Å². The lowest BCUT2D eigenvalue weighted by Gasteiger charge is -2.05. The normalized spacial score (nSPS) is 7.23. The number of carboxylic acids is 4. The van der Waals surface area contributed by atoms with Crippen molar-refractivity contribution in [3.05, 3.63) is 50.6 Å². The Hall–Kier alpha value is -3.16. The summed E-state index contributed by atoms with van der Waals surface area (Å²) in [5, 5.41) is 30.4. The second-order valence-corrected chi connectivity index (χ2v) is 5.17. The average Bonchev–Trinajstić information content (AvgIpc) is 2.47. The van der Waals surface area contributed by atoms with E-state index >= 15 is 0 Å². The smallest absolute Gasteiger partial charge is 0.327 e. The van der Waals surface area contributed by atoms with Gasteiger partial charge in [0.05, 0.1) is 0 Å². The van der Waals surface area contributed by atoms with E-state index in [4.69, 9.17) is 20.4 Å². The molecule has 0 unspecified atom stereocenters. The first-order chi connectivity index (χ1) is 11.1. The molecule has 0 aliphatic carbocycles. The summed E-state index contributed by atoms with van der Waals surface area (Å²) in [6.45, 7) is 20.6. The molecule has 152 valence electrons. The van der Waals surface area contributed by atoms with E-state index in [0.29, 0.717) is 5.41 Å². The first-order valence-electron chi connectivity index (χ1n) is 6.50. The fraction of sp³-hybridized carbons (Fsp3) is 0.333. The zero-order valence-electron chi connectivity index (χ0n) is 15.1. The van der Waals surface area contributed by atoms with Crippen LogP contribution in [-0.4, -0.2) is 44.3 Å². The van der Waals surface area contributed by atoms with Crippen molar-refractivity contribution in [2.24, 2.45) is 5.41 Å². The van der Waals surface area contributed by atoms with E-state index in [9.17, 15) is 19.2 Å². The Morgan fingerprint density at radius 3 is 0.615 bits per heavy atom. The third-order valence-electron chi connectivity index (χ3n) is 0.698. The molecule has 0 rings (SSSR count). The van der Waals surface area contributed by atoms with Crippen molar-refractivity contribution in [1.29, 1.82) is 0 Å². The van der Waals surface area contributed by atoms with Gasteiger partial charge in [-0.2, -0.15) is 0 Å². The molecule has 0 amide bonds. The molecular formula is C18H32O8. The maximum atomic E-state index is 9.25. The average molecular weight is 376 g/mol. The Kier molecular flexibility index (Phi) is 39.5. The van der Waals surface area contributed by atoms with Crippen molar-refractivity contribution in [1.82, 2.24) is 0 Å². The van der Waals surface area contributed by atoms with Gasteiger partial charge in [0.15, 0.2) is 0 Å². The molecule has 0 aromatic heterocycles. The van der Waals surface area contributed by atoms with Gasteiger partial charge in [-0.15, -0.1) is 0 Å². The monoisotopic (exact) mass is 376 g/mol. The maximum absolute atomic E-state index is 9.25. The molecule has 0 aliphatic rings. The summed E-state index contributed by atoms with van der Waals surface area (Å²) in [6, 6.07) is 0. The summed E-state index contributed by atoms with van der Waals surface area (Å²) in [5.74, 6) is -3.93. The highest BCUT2D eigenvalue weighted by atomic mass is 16.4. The zero-order valence-corrected chi connectivity index (χ0v) is 15.1. The van der Waals surface area contributed by atoms with Crippen LogP contribution in [0.5, 0.6) is 0 Å². The van der Waals surface area contributed by atoms with E-state index in [1.165, 1.54) is 0 Å². The second kappa shape index (κ2) is 26.7. The minimum atomic E-state index is -0.981. The SMILES string of the molecule is C.C=CC(=O)O.C=CC(=O)O.C=CC(=O)O.C=CC(=O)O.CC(C)(C)C. The van der Waals surface area contributed by atoms with E-state index in [2.05, 4.69) is 54.0 Å². The minimum Gasteiger partial charge on any atom is -0.478 e. The van der Waals surface area contributed by atoms with E-state index in [1.807, 2.05) is 0 Å². The third-order valence-corrected chi connectivity index (χ3v) is 0.698. The van der Waals surface area contributed by atoms with Gasteiger partial charge >= 0.3 is 23.9 Å². The summed E-state index contributed by atoms with van der Waals surface area (Å²) >= 11 is 0. The van der Waals surface area contributed by atoms with Crippen LogP contribution in [0, 0.1) is 5.41 Å². The molecule has 26 heavy (non-hydrogen) atoms. The third kappa shape index (κ3) is 350. The molecule has 0 radical (unpaired) electrons. The molecule has 0 atom stereocenters. The largest absolute Gasteiger partial charge is 0.478 e. The summed E-state index contributed by atoms with van der Waals surface area (Å²) < 4.78 is 0. The van der Waals surface area contributed by atoms with Crippen LogP contribution in [0.15, 0.2) is 50.6 Å². The molecule has 0 aliphatic heterocycles. The zero-order chi connectivity index (χ0) is 21.6. The van der Waals surface area contributed by atoms with Gasteiger partial charge in [0.2, 0.25) is 0 Å². The minimum absolute atomic E-state index is 0. The Labute approximate surface area is 155 Å². The van der Waals surface area contributed by atoms with Gasteiger partial charge in [-0.05, 0) is 5.41 Å². The highest BCUT2D eigenvalue weighted by Gasteiger charge is 1.95. The standard InChI is InChI=1S/C5H12.4C3H4O2.CH4/c1-5(2,3)4;4*1-2-3(4)5;/h1-4H3;4*2H,1H2,(H,4,5);1H4. The number of carbonyl (C=O) groups is 4. The highest BCUT2D eigenvalue weighted by Crippen LogP contribution is 2.08. The number of rotatable bonds is 4. The quantitative estimate of drug-likeness (QED) is 0.542. The predicted molar refractivity (Wildman–Crippen MR) is 103 cm³/mol. The van der Waals surface area contributed by atoms with Gasteiger partial charge in [0.1, 0.15) is 0 Å². The van der Waals surface area contributed by atoms with Crippen LogP contribution in [0.25, 0.3) is 0 Å². The molecule has 0 spiro atoms. The molecule has 0 aromatic rings. The highest BCUT2D eigenvalue weighted by molar-refractivity contribution is 5.79. The van der Waals surface area contributed by atoms with Gasteiger partial charge in [-0.1, -0.05) is 61.4 Å². The fourth-order valence-corrected chi connectivity index (χ4v) is 0. The van der Waals surface area contributed by atoms with Crippen LogP contribution in [0.4, 0.5) is 0 Å². The van der Waals surface area contributed by atoms with Gasteiger partial charge in [-0.3, -0.25) is 0 Å².